The first-order valence-electron chi connectivity index (χ1n) is 5.55. The maximum absolute atomic E-state index is 12.1. The topological polar surface area (TPSA) is 29.5 Å². The molecule has 0 N–H and O–H groups in total. The molecule has 0 aromatic carbocycles. The van der Waals surface area contributed by atoms with E-state index in [4.69, 9.17) is 4.74 Å². The lowest BCUT2D eigenvalue weighted by molar-refractivity contribution is -0.145. The third kappa shape index (κ3) is 0.577. The Morgan fingerprint density at radius 3 is 2.79 bits per heavy atom. The number of amides is 1. The van der Waals surface area contributed by atoms with E-state index in [1.165, 1.54) is 12.8 Å². The van der Waals surface area contributed by atoms with E-state index in [1.807, 2.05) is 18.7 Å². The van der Waals surface area contributed by atoms with Crippen molar-refractivity contribution in [1.82, 2.24) is 4.90 Å². The fourth-order valence-corrected chi connectivity index (χ4v) is 3.99. The van der Waals surface area contributed by atoms with Gasteiger partial charge in [-0.3, -0.25) is 4.79 Å². The predicted molar refractivity (Wildman–Crippen MR) is 49.3 cm³/mol. The lowest BCUT2D eigenvalue weighted by Gasteiger charge is -2.31. The van der Waals surface area contributed by atoms with Gasteiger partial charge in [-0.2, -0.15) is 0 Å². The maximum Gasteiger partial charge on any atom is 0.229 e. The van der Waals surface area contributed by atoms with Gasteiger partial charge in [-0.25, -0.2) is 0 Å². The van der Waals surface area contributed by atoms with Crippen LogP contribution in [0.4, 0.5) is 0 Å². The molecule has 2 aliphatic heterocycles. The highest BCUT2D eigenvalue weighted by atomic mass is 16.5. The van der Waals surface area contributed by atoms with Crippen LogP contribution in [0.15, 0.2) is 0 Å². The van der Waals surface area contributed by atoms with E-state index in [0.29, 0.717) is 29.2 Å². The Morgan fingerprint density at radius 1 is 1.43 bits per heavy atom. The molecule has 1 amide bonds. The van der Waals surface area contributed by atoms with Crippen molar-refractivity contribution in [3.63, 3.8) is 0 Å². The molecule has 4 aliphatic rings. The summed E-state index contributed by atoms with van der Waals surface area (Å²) in [6, 6.07) is 0.407. The largest absolute Gasteiger partial charge is 0.354 e. The van der Waals surface area contributed by atoms with Crippen molar-refractivity contribution >= 4 is 5.91 Å². The molecule has 3 atom stereocenters. The highest BCUT2D eigenvalue weighted by molar-refractivity contribution is 5.89. The van der Waals surface area contributed by atoms with Gasteiger partial charge < -0.3 is 9.64 Å². The number of piperidine rings is 1. The van der Waals surface area contributed by atoms with Crippen molar-refractivity contribution in [3.8, 4) is 0 Å². The van der Waals surface area contributed by atoms with Crippen LogP contribution in [0, 0.1) is 17.3 Å². The van der Waals surface area contributed by atoms with E-state index < -0.39 is 0 Å². The molecule has 2 saturated heterocycles. The third-order valence-electron chi connectivity index (χ3n) is 4.80. The molecule has 4 fully saturated rings. The summed E-state index contributed by atoms with van der Waals surface area (Å²) in [5, 5.41) is 0. The maximum atomic E-state index is 12.1. The number of ether oxygens (including phenoxy) is 1. The van der Waals surface area contributed by atoms with Crippen molar-refractivity contribution in [1.29, 1.82) is 0 Å². The second-order valence-corrected chi connectivity index (χ2v) is 5.77. The van der Waals surface area contributed by atoms with Gasteiger partial charge in [-0.05, 0) is 32.1 Å². The Labute approximate surface area is 83.4 Å². The number of hydrogen-bond donors (Lipinski definition) is 0. The van der Waals surface area contributed by atoms with Gasteiger partial charge in [-0.1, -0.05) is 0 Å². The highest BCUT2D eigenvalue weighted by Gasteiger charge is 2.83. The molecule has 1 unspecified atom stereocenters. The average Bonchev–Trinajstić information content (AvgIpc) is 2.95. The van der Waals surface area contributed by atoms with Crippen molar-refractivity contribution in [2.24, 2.45) is 17.3 Å². The molecule has 0 aromatic heterocycles. The number of fused-ring (bicyclic) bond motifs is 5. The standard InChI is InChI=1S/C11H15NO2/c1-10(2)12-6(5-14-10)7-8(9(12)13)11(7)3-4-11/h6-8H,3-5H2,1-2H3/t6-,7+,8?/m1/s1. The van der Waals surface area contributed by atoms with Gasteiger partial charge in [0.1, 0.15) is 5.72 Å². The van der Waals surface area contributed by atoms with Gasteiger partial charge in [0.15, 0.2) is 0 Å². The molecule has 3 heteroatoms. The minimum Gasteiger partial charge on any atom is -0.354 e. The SMILES string of the molecule is CC1(C)OC[C@@H]2[C@H]3C(C(=O)N21)C31CC1. The van der Waals surface area contributed by atoms with Crippen molar-refractivity contribution in [2.75, 3.05) is 6.61 Å². The highest BCUT2D eigenvalue weighted by Crippen LogP contribution is 2.80. The zero-order chi connectivity index (χ0) is 9.72. The van der Waals surface area contributed by atoms with Crippen molar-refractivity contribution < 1.29 is 9.53 Å². The Balaban J connectivity index is 1.75. The van der Waals surface area contributed by atoms with E-state index in [2.05, 4.69) is 0 Å². The molecular weight excluding hydrogens is 178 g/mol. The minimum atomic E-state index is -0.342. The van der Waals surface area contributed by atoms with Crippen LogP contribution >= 0.6 is 0 Å². The molecule has 2 saturated carbocycles. The zero-order valence-corrected chi connectivity index (χ0v) is 8.62. The molecule has 76 valence electrons. The Kier molecular flexibility index (Phi) is 0.963. The van der Waals surface area contributed by atoms with Crippen LogP contribution < -0.4 is 0 Å². The summed E-state index contributed by atoms with van der Waals surface area (Å²) < 4.78 is 5.70. The first-order chi connectivity index (χ1) is 6.58. The minimum absolute atomic E-state index is 0.342. The summed E-state index contributed by atoms with van der Waals surface area (Å²) in [5.41, 5.74) is 0.132. The molecule has 0 aromatic rings. The van der Waals surface area contributed by atoms with Crippen LogP contribution in [0.1, 0.15) is 26.7 Å². The lowest BCUT2D eigenvalue weighted by Crippen LogP contribution is -2.46. The smallest absolute Gasteiger partial charge is 0.229 e. The second kappa shape index (κ2) is 1.75. The summed E-state index contributed by atoms with van der Waals surface area (Å²) in [6.07, 6.45) is 2.58. The zero-order valence-electron chi connectivity index (χ0n) is 8.62. The van der Waals surface area contributed by atoms with E-state index in [1.54, 1.807) is 0 Å². The number of hydrogen-bond acceptors (Lipinski definition) is 2. The Morgan fingerprint density at radius 2 is 2.14 bits per heavy atom. The number of carbonyl (C=O) groups excluding carboxylic acids is 1. The second-order valence-electron chi connectivity index (χ2n) is 5.77. The number of rotatable bonds is 0. The summed E-state index contributed by atoms with van der Waals surface area (Å²) in [5.74, 6) is 1.41. The van der Waals surface area contributed by atoms with Crippen LogP contribution in [-0.2, 0) is 9.53 Å². The van der Waals surface area contributed by atoms with E-state index in [-0.39, 0.29) is 5.72 Å². The van der Waals surface area contributed by atoms with Crippen LogP contribution in [-0.4, -0.2) is 29.2 Å². The van der Waals surface area contributed by atoms with Gasteiger partial charge in [0, 0.05) is 11.8 Å². The van der Waals surface area contributed by atoms with Crippen LogP contribution in [0.3, 0.4) is 0 Å². The van der Waals surface area contributed by atoms with E-state index >= 15 is 0 Å². The first-order valence-corrected chi connectivity index (χ1v) is 5.55. The normalized spacial score (nSPS) is 49.4. The molecular formula is C11H15NO2. The van der Waals surface area contributed by atoms with E-state index in [9.17, 15) is 4.79 Å². The van der Waals surface area contributed by atoms with Gasteiger partial charge in [0.25, 0.3) is 0 Å². The third-order valence-corrected chi connectivity index (χ3v) is 4.80. The fourth-order valence-electron chi connectivity index (χ4n) is 3.99. The monoisotopic (exact) mass is 193 g/mol. The molecule has 0 bridgehead atoms. The Hall–Kier alpha value is -0.570. The predicted octanol–water partition coefficient (Wildman–Crippen LogP) is 0.990. The van der Waals surface area contributed by atoms with Crippen LogP contribution in [0.2, 0.25) is 0 Å². The molecule has 2 heterocycles. The van der Waals surface area contributed by atoms with E-state index in [0.717, 1.165) is 6.61 Å². The van der Waals surface area contributed by atoms with Crippen LogP contribution in [0.5, 0.6) is 0 Å². The molecule has 3 nitrogen and oxygen atoms in total. The van der Waals surface area contributed by atoms with Crippen molar-refractivity contribution in [3.05, 3.63) is 0 Å². The summed E-state index contributed by atoms with van der Waals surface area (Å²) in [4.78, 5) is 14.2. The summed E-state index contributed by atoms with van der Waals surface area (Å²) in [7, 11) is 0. The van der Waals surface area contributed by atoms with Gasteiger partial charge in [0.2, 0.25) is 5.91 Å². The molecule has 1 spiro atoms. The van der Waals surface area contributed by atoms with Gasteiger partial charge in [0.05, 0.1) is 12.6 Å². The van der Waals surface area contributed by atoms with Gasteiger partial charge in [-0.15, -0.1) is 0 Å². The van der Waals surface area contributed by atoms with Crippen molar-refractivity contribution in [2.45, 2.75) is 38.5 Å². The summed E-state index contributed by atoms with van der Waals surface area (Å²) in [6.45, 7) is 4.78. The average molecular weight is 193 g/mol. The Bertz CT molecular complexity index is 345. The number of carbonyl (C=O) groups is 1. The first kappa shape index (κ1) is 7.69. The van der Waals surface area contributed by atoms with Crippen LogP contribution in [0.25, 0.3) is 0 Å². The molecule has 0 radical (unpaired) electrons. The van der Waals surface area contributed by atoms with Gasteiger partial charge >= 0.3 is 0 Å². The summed E-state index contributed by atoms with van der Waals surface area (Å²) >= 11 is 0. The molecule has 14 heavy (non-hydrogen) atoms. The quantitative estimate of drug-likeness (QED) is 0.574. The molecule has 4 rings (SSSR count). The lowest BCUT2D eigenvalue weighted by atomic mass is 10.1. The number of nitrogens with zero attached hydrogens (tertiary/aromatic N) is 1. The fraction of sp³-hybridized carbons (Fsp3) is 0.909. The molecule has 2 aliphatic carbocycles.